The molecule has 1 aromatic rings. The van der Waals surface area contributed by atoms with Crippen LogP contribution in [0.25, 0.3) is 0 Å². The Morgan fingerprint density at radius 3 is 2.94 bits per heavy atom. The maximum atomic E-state index is 12.4. The van der Waals surface area contributed by atoms with Crippen LogP contribution in [0.4, 0.5) is 0 Å². The highest BCUT2D eigenvalue weighted by molar-refractivity contribution is 7.89. The van der Waals surface area contributed by atoms with Crippen LogP contribution in [0, 0.1) is 5.92 Å². The lowest BCUT2D eigenvalue weighted by Crippen LogP contribution is -2.40. The molecule has 7 heteroatoms. The van der Waals surface area contributed by atoms with E-state index in [9.17, 15) is 8.42 Å². The molecule has 1 fully saturated rings. The van der Waals surface area contributed by atoms with Crippen molar-refractivity contribution in [2.24, 2.45) is 18.7 Å². The van der Waals surface area contributed by atoms with Crippen LogP contribution in [0.2, 0.25) is 0 Å². The summed E-state index contributed by atoms with van der Waals surface area (Å²) in [6.07, 6.45) is 5.90. The monoisotopic (exact) mass is 272 g/mol. The van der Waals surface area contributed by atoms with E-state index in [0.29, 0.717) is 25.6 Å². The fourth-order valence-corrected chi connectivity index (χ4v) is 3.89. The lowest BCUT2D eigenvalue weighted by Gasteiger charge is -2.31. The summed E-state index contributed by atoms with van der Waals surface area (Å²) in [5.41, 5.74) is 5.54. The lowest BCUT2D eigenvalue weighted by molar-refractivity contribution is 0.257. The Morgan fingerprint density at radius 1 is 1.56 bits per heavy atom. The van der Waals surface area contributed by atoms with Gasteiger partial charge in [-0.1, -0.05) is 0 Å². The topological polar surface area (TPSA) is 81.2 Å². The number of nitrogens with two attached hydrogens (primary N) is 1. The Morgan fingerprint density at radius 2 is 2.33 bits per heavy atom. The van der Waals surface area contributed by atoms with Crippen molar-refractivity contribution in [3.05, 3.63) is 12.5 Å². The third-order valence-electron chi connectivity index (χ3n) is 3.34. The van der Waals surface area contributed by atoms with Gasteiger partial charge in [-0.25, -0.2) is 13.4 Å². The van der Waals surface area contributed by atoms with Crippen molar-refractivity contribution in [2.75, 3.05) is 19.6 Å². The summed E-state index contributed by atoms with van der Waals surface area (Å²) in [5, 5.41) is 0.137. The summed E-state index contributed by atoms with van der Waals surface area (Å²) in [7, 11) is -1.67. The molecule has 1 atom stereocenters. The van der Waals surface area contributed by atoms with Crippen LogP contribution < -0.4 is 5.73 Å². The molecule has 1 aromatic heterocycles. The molecule has 0 spiro atoms. The molecular formula is C11H20N4O2S. The zero-order valence-corrected chi connectivity index (χ0v) is 11.4. The fourth-order valence-electron chi connectivity index (χ4n) is 2.37. The van der Waals surface area contributed by atoms with E-state index in [1.54, 1.807) is 22.1 Å². The zero-order chi connectivity index (χ0) is 13.2. The molecule has 0 bridgehead atoms. The Kier molecular flexibility index (Phi) is 4.04. The highest BCUT2D eigenvalue weighted by atomic mass is 32.2. The summed E-state index contributed by atoms with van der Waals surface area (Å²) in [4.78, 5) is 3.94. The van der Waals surface area contributed by atoms with Gasteiger partial charge in [0.25, 0.3) is 10.0 Å². The number of aromatic nitrogens is 2. The lowest BCUT2D eigenvalue weighted by atomic mass is 9.96. The number of imidazole rings is 1. The number of hydrogen-bond donors (Lipinski definition) is 1. The van der Waals surface area contributed by atoms with E-state index < -0.39 is 10.0 Å². The van der Waals surface area contributed by atoms with E-state index in [1.807, 2.05) is 0 Å². The molecule has 0 amide bonds. The predicted octanol–water partition coefficient (Wildman–Crippen LogP) is 0.170. The van der Waals surface area contributed by atoms with E-state index in [0.717, 1.165) is 19.3 Å². The third-order valence-corrected chi connectivity index (χ3v) is 5.09. The predicted molar refractivity (Wildman–Crippen MR) is 68.4 cm³/mol. The Labute approximate surface area is 108 Å². The molecule has 0 aromatic carbocycles. The van der Waals surface area contributed by atoms with Crippen LogP contribution in [-0.2, 0) is 17.1 Å². The third kappa shape index (κ3) is 2.73. The van der Waals surface area contributed by atoms with E-state index >= 15 is 0 Å². The molecule has 6 nitrogen and oxygen atoms in total. The van der Waals surface area contributed by atoms with Gasteiger partial charge in [-0.3, -0.25) is 0 Å². The van der Waals surface area contributed by atoms with Crippen LogP contribution in [0.3, 0.4) is 0 Å². The highest BCUT2D eigenvalue weighted by Gasteiger charge is 2.31. The molecule has 1 aliphatic rings. The van der Waals surface area contributed by atoms with Crippen molar-refractivity contribution >= 4 is 10.0 Å². The molecule has 2 N–H and O–H groups in total. The number of nitrogens with zero attached hydrogens (tertiary/aromatic N) is 3. The van der Waals surface area contributed by atoms with Gasteiger partial charge >= 0.3 is 0 Å². The average Bonchev–Trinajstić information content (AvgIpc) is 2.77. The summed E-state index contributed by atoms with van der Waals surface area (Å²) in [6.45, 7) is 1.76. The number of aryl methyl sites for hydroxylation is 1. The quantitative estimate of drug-likeness (QED) is 0.847. The van der Waals surface area contributed by atoms with Crippen molar-refractivity contribution in [2.45, 2.75) is 24.3 Å². The SMILES string of the molecule is Cn1cnc(S(=O)(=O)N2CCCC(CCN)C2)c1. The molecule has 0 saturated carbocycles. The minimum atomic E-state index is -3.43. The van der Waals surface area contributed by atoms with E-state index in [2.05, 4.69) is 4.98 Å². The molecule has 2 heterocycles. The van der Waals surface area contributed by atoms with Crippen molar-refractivity contribution in [1.29, 1.82) is 0 Å². The summed E-state index contributed by atoms with van der Waals surface area (Å²) in [6, 6.07) is 0. The van der Waals surface area contributed by atoms with Crippen molar-refractivity contribution in [3.63, 3.8) is 0 Å². The smallest absolute Gasteiger partial charge is 0.262 e. The molecule has 0 aliphatic carbocycles. The van der Waals surface area contributed by atoms with Gasteiger partial charge in [-0.15, -0.1) is 0 Å². The van der Waals surface area contributed by atoms with Gasteiger partial charge in [-0.05, 0) is 31.7 Å². The minimum Gasteiger partial charge on any atom is -0.339 e. The second-order valence-electron chi connectivity index (χ2n) is 4.83. The first-order chi connectivity index (χ1) is 8.54. The Hall–Kier alpha value is -0.920. The molecule has 0 radical (unpaired) electrons. The molecular weight excluding hydrogens is 252 g/mol. The van der Waals surface area contributed by atoms with Gasteiger partial charge in [0, 0.05) is 26.3 Å². The number of rotatable bonds is 4. The van der Waals surface area contributed by atoms with E-state index in [1.165, 1.54) is 6.33 Å². The van der Waals surface area contributed by atoms with Crippen LogP contribution >= 0.6 is 0 Å². The van der Waals surface area contributed by atoms with Crippen LogP contribution in [0.15, 0.2) is 17.6 Å². The largest absolute Gasteiger partial charge is 0.339 e. The Balaban J connectivity index is 2.15. The molecule has 1 aliphatic heterocycles. The molecule has 1 saturated heterocycles. The van der Waals surface area contributed by atoms with Gasteiger partial charge in [0.05, 0.1) is 6.33 Å². The standard InChI is InChI=1S/C11H20N4O2S/c1-14-8-11(13-9-14)18(16,17)15-6-2-3-10(7-15)4-5-12/h8-10H,2-7,12H2,1H3. The van der Waals surface area contributed by atoms with Crippen LogP contribution in [0.1, 0.15) is 19.3 Å². The maximum Gasteiger partial charge on any atom is 0.262 e. The number of hydrogen-bond acceptors (Lipinski definition) is 4. The summed E-state index contributed by atoms with van der Waals surface area (Å²) >= 11 is 0. The van der Waals surface area contributed by atoms with E-state index in [4.69, 9.17) is 5.73 Å². The van der Waals surface area contributed by atoms with Crippen molar-refractivity contribution in [1.82, 2.24) is 13.9 Å². The molecule has 2 rings (SSSR count). The average molecular weight is 272 g/mol. The van der Waals surface area contributed by atoms with Crippen LogP contribution in [0.5, 0.6) is 0 Å². The first-order valence-electron chi connectivity index (χ1n) is 6.22. The summed E-state index contributed by atoms with van der Waals surface area (Å²) in [5.74, 6) is 0.377. The van der Waals surface area contributed by atoms with Gasteiger partial charge in [-0.2, -0.15) is 4.31 Å². The fraction of sp³-hybridized carbons (Fsp3) is 0.727. The Bertz CT molecular complexity index is 495. The van der Waals surface area contributed by atoms with Crippen LogP contribution in [-0.4, -0.2) is 41.9 Å². The second kappa shape index (κ2) is 5.38. The molecule has 1 unspecified atom stereocenters. The van der Waals surface area contributed by atoms with Gasteiger partial charge in [0.15, 0.2) is 5.03 Å². The van der Waals surface area contributed by atoms with Gasteiger partial charge < -0.3 is 10.3 Å². The van der Waals surface area contributed by atoms with Crippen molar-refractivity contribution < 1.29 is 8.42 Å². The van der Waals surface area contributed by atoms with Gasteiger partial charge in [0.1, 0.15) is 0 Å². The van der Waals surface area contributed by atoms with Crippen molar-refractivity contribution in [3.8, 4) is 0 Å². The molecule has 18 heavy (non-hydrogen) atoms. The first-order valence-corrected chi connectivity index (χ1v) is 7.66. The first kappa shape index (κ1) is 13.5. The number of sulfonamides is 1. The van der Waals surface area contributed by atoms with Gasteiger partial charge in [0.2, 0.25) is 0 Å². The number of piperidine rings is 1. The highest BCUT2D eigenvalue weighted by Crippen LogP contribution is 2.24. The zero-order valence-electron chi connectivity index (χ0n) is 10.6. The molecule has 102 valence electrons. The normalized spacial score (nSPS) is 22.2. The second-order valence-corrected chi connectivity index (χ2v) is 6.71. The summed E-state index contributed by atoms with van der Waals surface area (Å²) < 4.78 is 27.9. The maximum absolute atomic E-state index is 12.4. The minimum absolute atomic E-state index is 0.137. The van der Waals surface area contributed by atoms with E-state index in [-0.39, 0.29) is 5.03 Å².